The van der Waals surface area contributed by atoms with Crippen LogP contribution in [-0.4, -0.2) is 44.8 Å². The summed E-state index contributed by atoms with van der Waals surface area (Å²) >= 11 is 0. The monoisotopic (exact) mass is 339 g/mol. The van der Waals surface area contributed by atoms with Crippen molar-refractivity contribution in [2.24, 2.45) is 0 Å². The predicted molar refractivity (Wildman–Crippen MR) is 94.3 cm³/mol. The van der Waals surface area contributed by atoms with E-state index in [4.69, 9.17) is 5.11 Å². The third kappa shape index (κ3) is 3.79. The normalized spacial score (nSPS) is 15.6. The van der Waals surface area contributed by atoms with Gasteiger partial charge in [0.2, 0.25) is 5.91 Å². The lowest BCUT2D eigenvalue weighted by molar-refractivity contribution is -0.127. The first-order valence-corrected chi connectivity index (χ1v) is 8.35. The number of nitrogens with zero attached hydrogens (tertiary/aromatic N) is 3. The highest BCUT2D eigenvalue weighted by Gasteiger charge is 2.25. The number of amides is 1. The lowest BCUT2D eigenvalue weighted by atomic mass is 10.0. The van der Waals surface area contributed by atoms with E-state index < -0.39 is 5.97 Å². The molecule has 0 saturated carbocycles. The Hall–Kier alpha value is -2.89. The van der Waals surface area contributed by atoms with Crippen molar-refractivity contribution in [1.29, 1.82) is 0 Å². The molecule has 1 fully saturated rings. The largest absolute Gasteiger partial charge is 0.478 e. The highest BCUT2D eigenvalue weighted by Crippen LogP contribution is 2.24. The number of hydrogen-bond acceptors (Lipinski definition) is 3. The lowest BCUT2D eigenvalue weighted by Gasteiger charge is -2.32. The van der Waals surface area contributed by atoms with Crippen molar-refractivity contribution in [3.05, 3.63) is 59.4 Å². The maximum Gasteiger partial charge on any atom is 0.339 e. The zero-order chi connectivity index (χ0) is 17.8. The van der Waals surface area contributed by atoms with Crippen LogP contribution in [0.25, 0.3) is 6.08 Å². The lowest BCUT2D eigenvalue weighted by Crippen LogP contribution is -2.38. The molecule has 1 amide bonds. The number of carboxylic acids is 1. The number of rotatable bonds is 4. The summed E-state index contributed by atoms with van der Waals surface area (Å²) in [6.45, 7) is 3.06. The zero-order valence-corrected chi connectivity index (χ0v) is 14.1. The van der Waals surface area contributed by atoms with Gasteiger partial charge >= 0.3 is 5.97 Å². The van der Waals surface area contributed by atoms with Crippen LogP contribution in [0.2, 0.25) is 0 Å². The number of carbonyl (C=O) groups is 2. The second kappa shape index (κ2) is 7.34. The average Bonchev–Trinajstić information content (AvgIpc) is 3.02. The number of aromatic carboxylic acids is 1. The van der Waals surface area contributed by atoms with Gasteiger partial charge in [-0.25, -0.2) is 4.79 Å². The van der Waals surface area contributed by atoms with Crippen LogP contribution in [0.5, 0.6) is 0 Å². The highest BCUT2D eigenvalue weighted by molar-refractivity contribution is 5.91. The summed E-state index contributed by atoms with van der Waals surface area (Å²) in [4.78, 5) is 25.3. The predicted octanol–water partition coefficient (Wildman–Crippen LogP) is 2.77. The van der Waals surface area contributed by atoms with Crippen molar-refractivity contribution < 1.29 is 14.7 Å². The molecule has 0 aliphatic carbocycles. The van der Waals surface area contributed by atoms with Gasteiger partial charge in [0.15, 0.2) is 0 Å². The highest BCUT2D eigenvalue weighted by atomic mass is 16.4. The molecular weight excluding hydrogens is 318 g/mol. The Labute approximate surface area is 146 Å². The minimum atomic E-state index is -0.956. The van der Waals surface area contributed by atoms with Crippen LogP contribution < -0.4 is 0 Å². The molecule has 3 rings (SSSR count). The summed E-state index contributed by atoms with van der Waals surface area (Å²) in [6.07, 6.45) is 6.37. The van der Waals surface area contributed by atoms with Crippen molar-refractivity contribution in [2.45, 2.75) is 25.8 Å². The molecule has 1 N–H and O–H groups in total. The number of benzene rings is 1. The second-order valence-corrected chi connectivity index (χ2v) is 6.19. The van der Waals surface area contributed by atoms with E-state index in [9.17, 15) is 9.59 Å². The van der Waals surface area contributed by atoms with E-state index in [1.165, 1.54) is 6.20 Å². The summed E-state index contributed by atoms with van der Waals surface area (Å²) in [7, 11) is 0. The molecular formula is C19H21N3O3. The number of carbonyl (C=O) groups excluding carboxylic acids is 1. The number of carboxylic acid groups (broad SMARTS) is 1. The first-order chi connectivity index (χ1) is 12.1. The zero-order valence-electron chi connectivity index (χ0n) is 14.1. The minimum Gasteiger partial charge on any atom is -0.478 e. The van der Waals surface area contributed by atoms with Crippen molar-refractivity contribution in [3.8, 4) is 0 Å². The summed E-state index contributed by atoms with van der Waals surface area (Å²) in [5, 5.41) is 13.4. The quantitative estimate of drug-likeness (QED) is 0.869. The Kier molecular flexibility index (Phi) is 4.97. The van der Waals surface area contributed by atoms with Crippen molar-refractivity contribution in [2.75, 3.05) is 13.1 Å². The minimum absolute atomic E-state index is 0.00529. The topological polar surface area (TPSA) is 75.4 Å². The average molecular weight is 339 g/mol. The van der Waals surface area contributed by atoms with Crippen molar-refractivity contribution in [3.63, 3.8) is 0 Å². The van der Waals surface area contributed by atoms with E-state index in [0.717, 1.165) is 18.4 Å². The molecule has 6 heteroatoms. The first-order valence-electron chi connectivity index (χ1n) is 8.35. The molecule has 130 valence electrons. The van der Waals surface area contributed by atoms with Crippen LogP contribution >= 0.6 is 0 Å². The number of hydrogen-bond donors (Lipinski definition) is 1. The van der Waals surface area contributed by atoms with Gasteiger partial charge in [0.25, 0.3) is 0 Å². The maximum absolute atomic E-state index is 12.3. The Bertz CT molecular complexity index is 788. The number of likely N-dealkylation sites (tertiary alicyclic amines) is 1. The summed E-state index contributed by atoms with van der Waals surface area (Å²) in [5.41, 5.74) is 1.91. The van der Waals surface area contributed by atoms with Crippen LogP contribution in [0, 0.1) is 6.92 Å². The van der Waals surface area contributed by atoms with Crippen molar-refractivity contribution in [1.82, 2.24) is 14.7 Å². The fourth-order valence-electron chi connectivity index (χ4n) is 3.17. The van der Waals surface area contributed by atoms with Gasteiger partial charge in [0.1, 0.15) is 5.56 Å². The summed E-state index contributed by atoms with van der Waals surface area (Å²) < 4.78 is 1.78. The van der Waals surface area contributed by atoms with Crippen LogP contribution in [0.3, 0.4) is 0 Å². The smallest absolute Gasteiger partial charge is 0.339 e. The molecule has 1 aliphatic rings. The Morgan fingerprint density at radius 3 is 2.48 bits per heavy atom. The molecule has 25 heavy (non-hydrogen) atoms. The first kappa shape index (κ1) is 17.0. The van der Waals surface area contributed by atoms with Crippen LogP contribution in [0.1, 0.15) is 40.5 Å². The van der Waals surface area contributed by atoms with Gasteiger partial charge < -0.3 is 10.0 Å². The number of aromatic nitrogens is 2. The Balaban J connectivity index is 1.59. The molecule has 0 radical (unpaired) electrons. The molecule has 6 nitrogen and oxygen atoms in total. The Morgan fingerprint density at radius 1 is 1.20 bits per heavy atom. The number of piperidine rings is 1. The van der Waals surface area contributed by atoms with Gasteiger partial charge in [-0.15, -0.1) is 0 Å². The fraction of sp³-hybridized carbons (Fsp3) is 0.316. The molecule has 1 aromatic carbocycles. The molecule has 1 aromatic heterocycles. The molecule has 2 heterocycles. The molecule has 1 aliphatic heterocycles. The van der Waals surface area contributed by atoms with Gasteiger partial charge in [-0.3, -0.25) is 9.48 Å². The molecule has 2 aromatic rings. The third-order valence-electron chi connectivity index (χ3n) is 4.62. The Morgan fingerprint density at radius 2 is 1.88 bits per heavy atom. The van der Waals surface area contributed by atoms with E-state index in [0.29, 0.717) is 18.8 Å². The van der Waals surface area contributed by atoms with Gasteiger partial charge in [0.05, 0.1) is 17.9 Å². The SMILES string of the molecule is Cc1c(C(=O)O)cnn1C1CCN(C(=O)/C=C/c2ccccc2)CC1. The molecule has 1 saturated heterocycles. The van der Waals surface area contributed by atoms with Crippen LogP contribution in [0.15, 0.2) is 42.6 Å². The van der Waals surface area contributed by atoms with Gasteiger partial charge in [-0.05, 0) is 31.4 Å². The molecule has 0 spiro atoms. The molecule has 0 unspecified atom stereocenters. The van der Waals surface area contributed by atoms with Gasteiger partial charge in [-0.2, -0.15) is 5.10 Å². The second-order valence-electron chi connectivity index (χ2n) is 6.19. The van der Waals surface area contributed by atoms with E-state index in [2.05, 4.69) is 5.10 Å². The van der Waals surface area contributed by atoms with Gasteiger partial charge in [0, 0.05) is 19.2 Å². The van der Waals surface area contributed by atoms with E-state index in [1.54, 1.807) is 17.7 Å². The molecule has 0 bridgehead atoms. The standard InChI is InChI=1S/C19H21N3O3/c1-14-17(19(24)25)13-20-22(14)16-9-11-21(12-10-16)18(23)8-7-15-5-3-2-4-6-15/h2-8,13,16H,9-12H2,1H3,(H,24,25)/b8-7+. The fourth-order valence-corrected chi connectivity index (χ4v) is 3.17. The molecule has 0 atom stereocenters. The summed E-state index contributed by atoms with van der Waals surface area (Å²) in [5.74, 6) is -0.951. The van der Waals surface area contributed by atoms with E-state index in [-0.39, 0.29) is 17.5 Å². The van der Waals surface area contributed by atoms with Crippen LogP contribution in [0.4, 0.5) is 0 Å². The maximum atomic E-state index is 12.3. The van der Waals surface area contributed by atoms with E-state index >= 15 is 0 Å². The van der Waals surface area contributed by atoms with Crippen molar-refractivity contribution >= 4 is 18.0 Å². The van der Waals surface area contributed by atoms with E-state index in [1.807, 2.05) is 41.3 Å². The summed E-state index contributed by atoms with van der Waals surface area (Å²) in [6, 6.07) is 9.86. The third-order valence-corrected chi connectivity index (χ3v) is 4.62. The van der Waals surface area contributed by atoms with Gasteiger partial charge in [-0.1, -0.05) is 30.3 Å². The van der Waals surface area contributed by atoms with Crippen LogP contribution in [-0.2, 0) is 4.79 Å².